The van der Waals surface area contributed by atoms with Crippen LogP contribution in [-0.4, -0.2) is 96.7 Å². The van der Waals surface area contributed by atoms with E-state index < -0.39 is 97.5 Å². The van der Waals surface area contributed by atoms with E-state index in [1.165, 1.54) is 180 Å². The Kier molecular flexibility index (Phi) is 61.8. The molecule has 0 radical (unpaired) electrons. The van der Waals surface area contributed by atoms with E-state index in [2.05, 4.69) is 41.5 Å². The van der Waals surface area contributed by atoms with E-state index in [4.69, 9.17) is 37.0 Å². The number of esters is 4. The van der Waals surface area contributed by atoms with Crippen molar-refractivity contribution in [3.05, 3.63) is 0 Å². The highest BCUT2D eigenvalue weighted by molar-refractivity contribution is 7.47. The summed E-state index contributed by atoms with van der Waals surface area (Å²) in [6, 6.07) is 0. The van der Waals surface area contributed by atoms with Gasteiger partial charge in [0.1, 0.15) is 19.3 Å². The summed E-state index contributed by atoms with van der Waals surface area (Å²) in [4.78, 5) is 72.5. The van der Waals surface area contributed by atoms with E-state index in [9.17, 15) is 43.2 Å². The largest absolute Gasteiger partial charge is 0.472 e. The summed E-state index contributed by atoms with van der Waals surface area (Å²) in [6.07, 6.45) is 48.6. The Morgan fingerprint density at radius 2 is 0.511 bits per heavy atom. The summed E-state index contributed by atoms with van der Waals surface area (Å²) in [6.45, 7) is 9.51. The number of phosphoric ester groups is 2. The molecule has 0 saturated heterocycles. The van der Waals surface area contributed by atoms with Gasteiger partial charge >= 0.3 is 39.5 Å². The molecule has 534 valence electrons. The van der Waals surface area contributed by atoms with Gasteiger partial charge in [-0.2, -0.15) is 0 Å². The van der Waals surface area contributed by atoms with Crippen molar-refractivity contribution in [3.8, 4) is 0 Å². The molecule has 3 N–H and O–H groups in total. The number of unbranched alkanes of at least 4 members (excludes halogenated alkanes) is 40. The first-order valence-electron chi connectivity index (χ1n) is 37.0. The highest BCUT2D eigenvalue weighted by Gasteiger charge is 2.30. The quantitative estimate of drug-likeness (QED) is 0.0222. The maximum Gasteiger partial charge on any atom is 0.472 e. The molecule has 0 spiro atoms. The van der Waals surface area contributed by atoms with Gasteiger partial charge in [0.25, 0.3) is 0 Å². The molecule has 0 bridgehead atoms. The minimum Gasteiger partial charge on any atom is -0.462 e. The fourth-order valence-corrected chi connectivity index (χ4v) is 12.3. The molecule has 0 fully saturated rings. The van der Waals surface area contributed by atoms with Crippen molar-refractivity contribution >= 4 is 39.5 Å². The summed E-state index contributed by atoms with van der Waals surface area (Å²) in [7, 11) is -9.90. The summed E-state index contributed by atoms with van der Waals surface area (Å²) >= 11 is 0. The zero-order valence-electron chi connectivity index (χ0n) is 58.4. The Balaban J connectivity index is 5.23. The van der Waals surface area contributed by atoms with Gasteiger partial charge in [-0.05, 0) is 37.5 Å². The lowest BCUT2D eigenvalue weighted by atomic mass is 10.0. The molecule has 0 aromatic heterocycles. The number of rotatable bonds is 70. The summed E-state index contributed by atoms with van der Waals surface area (Å²) in [5.41, 5.74) is 0. The van der Waals surface area contributed by atoms with E-state index >= 15 is 0 Å². The minimum absolute atomic E-state index is 0.104. The molecule has 0 heterocycles. The number of hydrogen-bond acceptors (Lipinski definition) is 15. The molecular formula is C71H138O17P2. The van der Waals surface area contributed by atoms with Gasteiger partial charge in [0.15, 0.2) is 12.2 Å². The van der Waals surface area contributed by atoms with Gasteiger partial charge in [-0.15, -0.1) is 0 Å². The van der Waals surface area contributed by atoms with Gasteiger partial charge in [-0.3, -0.25) is 37.3 Å². The first kappa shape index (κ1) is 88.1. The Hall–Kier alpha value is -1.94. The van der Waals surface area contributed by atoms with Crippen LogP contribution in [0.5, 0.6) is 0 Å². The van der Waals surface area contributed by atoms with E-state index in [1.807, 2.05) is 0 Å². The lowest BCUT2D eigenvalue weighted by Gasteiger charge is -2.21. The van der Waals surface area contributed by atoms with Crippen molar-refractivity contribution in [2.24, 2.45) is 11.8 Å². The molecule has 0 aliphatic rings. The van der Waals surface area contributed by atoms with Crippen molar-refractivity contribution in [1.82, 2.24) is 0 Å². The number of aliphatic hydroxyl groups excluding tert-OH is 1. The predicted molar refractivity (Wildman–Crippen MR) is 363 cm³/mol. The van der Waals surface area contributed by atoms with Crippen LogP contribution in [-0.2, 0) is 65.4 Å². The average Bonchev–Trinajstić information content (AvgIpc) is 3.72. The first-order valence-corrected chi connectivity index (χ1v) is 40.0. The monoisotopic (exact) mass is 1320 g/mol. The molecule has 0 aromatic carbocycles. The van der Waals surface area contributed by atoms with Crippen LogP contribution >= 0.6 is 15.6 Å². The number of ether oxygens (including phenoxy) is 4. The molecule has 0 aliphatic heterocycles. The van der Waals surface area contributed by atoms with Crippen molar-refractivity contribution in [3.63, 3.8) is 0 Å². The van der Waals surface area contributed by atoms with E-state index in [-0.39, 0.29) is 25.7 Å². The Labute approximate surface area is 549 Å². The molecule has 0 aromatic rings. The topological polar surface area (TPSA) is 237 Å². The molecule has 0 rings (SSSR count). The molecule has 90 heavy (non-hydrogen) atoms. The third-order valence-electron chi connectivity index (χ3n) is 16.5. The normalized spacial score (nSPS) is 14.1. The average molecular weight is 1330 g/mol. The number of carbonyl (C=O) groups is 4. The molecule has 17 nitrogen and oxygen atoms in total. The first-order chi connectivity index (χ1) is 43.4. The standard InChI is InChI=1S/C71H138O17P2/c1-7-9-11-13-15-17-19-22-26-30-36-42-48-54-69(74)82-59-66(87-70(75)55-49-43-37-31-27-24-21-20-23-25-28-33-39-45-51-63(3)4)61-85-89(77,78)83-57-65(72)58-84-90(79,80)86-62-67(88-71(76)56-50-44-38-32-34-40-46-52-64(5)6)60-81-68(73)53-47-41-35-29-18-16-14-12-10-8-2/h63-67,72H,7-62H2,1-6H3,(H,77,78)(H,79,80)/t65-,66-,67-/m1/s1. The second kappa shape index (κ2) is 63.1. The maximum absolute atomic E-state index is 13.0. The lowest BCUT2D eigenvalue weighted by Crippen LogP contribution is -2.30. The SMILES string of the molecule is CCCCCCCCCCCCCCCC(=O)OC[C@H](COP(=O)(O)OC[C@@H](O)COP(=O)(O)OC[C@@H](COC(=O)CCCCCCCCCCCC)OC(=O)CCCCCCCCCC(C)C)OC(=O)CCCCCCCCCCCCCCCCC(C)C. The van der Waals surface area contributed by atoms with E-state index in [0.717, 1.165) is 95.8 Å². The number of aliphatic hydroxyl groups is 1. The van der Waals surface area contributed by atoms with Crippen LogP contribution in [0, 0.1) is 11.8 Å². The fraction of sp³-hybridized carbons (Fsp3) is 0.944. The van der Waals surface area contributed by atoms with Crippen LogP contribution in [0.15, 0.2) is 0 Å². The van der Waals surface area contributed by atoms with Crippen LogP contribution < -0.4 is 0 Å². The summed E-state index contributed by atoms with van der Waals surface area (Å²) < 4.78 is 68.3. The van der Waals surface area contributed by atoms with E-state index in [0.29, 0.717) is 31.6 Å². The zero-order valence-corrected chi connectivity index (χ0v) is 60.2. The highest BCUT2D eigenvalue weighted by Crippen LogP contribution is 2.45. The summed E-state index contributed by atoms with van der Waals surface area (Å²) in [5.74, 6) is -0.633. The molecular weight excluding hydrogens is 1190 g/mol. The van der Waals surface area contributed by atoms with Gasteiger partial charge in [-0.25, -0.2) is 9.13 Å². The lowest BCUT2D eigenvalue weighted by molar-refractivity contribution is -0.161. The molecule has 19 heteroatoms. The maximum atomic E-state index is 13.0. The smallest absolute Gasteiger partial charge is 0.462 e. The number of carbonyl (C=O) groups excluding carboxylic acids is 4. The minimum atomic E-state index is -4.95. The van der Waals surface area contributed by atoms with Crippen molar-refractivity contribution in [2.45, 2.75) is 381 Å². The Morgan fingerprint density at radius 3 is 0.756 bits per heavy atom. The third kappa shape index (κ3) is 64.8. The molecule has 0 aliphatic carbocycles. The second-order valence-corrected chi connectivity index (χ2v) is 29.5. The predicted octanol–water partition coefficient (Wildman–Crippen LogP) is 20.4. The third-order valence-corrected chi connectivity index (χ3v) is 18.4. The fourth-order valence-electron chi connectivity index (χ4n) is 10.8. The van der Waals surface area contributed by atoms with Crippen molar-refractivity contribution in [1.29, 1.82) is 0 Å². The summed E-state index contributed by atoms with van der Waals surface area (Å²) in [5, 5.41) is 10.6. The Bertz CT molecular complexity index is 1750. The zero-order chi connectivity index (χ0) is 66.5. The molecule has 0 saturated carbocycles. The van der Waals surface area contributed by atoms with Gasteiger partial charge in [-0.1, -0.05) is 311 Å². The van der Waals surface area contributed by atoms with Crippen LogP contribution in [0.1, 0.15) is 363 Å². The van der Waals surface area contributed by atoms with Crippen LogP contribution in [0.4, 0.5) is 0 Å². The van der Waals surface area contributed by atoms with Gasteiger partial charge in [0, 0.05) is 25.7 Å². The number of phosphoric acid groups is 2. The van der Waals surface area contributed by atoms with Crippen molar-refractivity contribution < 1.29 is 80.2 Å². The van der Waals surface area contributed by atoms with Crippen LogP contribution in [0.2, 0.25) is 0 Å². The molecule has 0 amide bonds. The van der Waals surface area contributed by atoms with Gasteiger partial charge < -0.3 is 33.8 Å². The molecule has 5 atom stereocenters. The van der Waals surface area contributed by atoms with Crippen molar-refractivity contribution in [2.75, 3.05) is 39.6 Å². The van der Waals surface area contributed by atoms with Crippen LogP contribution in [0.25, 0.3) is 0 Å². The van der Waals surface area contributed by atoms with Gasteiger partial charge in [0.05, 0.1) is 26.4 Å². The van der Waals surface area contributed by atoms with Gasteiger partial charge in [0.2, 0.25) is 0 Å². The number of hydrogen-bond donors (Lipinski definition) is 3. The second-order valence-electron chi connectivity index (χ2n) is 26.6. The molecule has 2 unspecified atom stereocenters. The highest BCUT2D eigenvalue weighted by atomic mass is 31.2. The van der Waals surface area contributed by atoms with E-state index in [1.54, 1.807) is 0 Å². The Morgan fingerprint density at radius 1 is 0.300 bits per heavy atom. The van der Waals surface area contributed by atoms with Crippen LogP contribution in [0.3, 0.4) is 0 Å².